The monoisotopic (exact) mass is 204 g/mol. The van der Waals surface area contributed by atoms with Crippen LogP contribution in [0.2, 0.25) is 0 Å². The minimum atomic E-state index is 0.711. The lowest BCUT2D eigenvalue weighted by Gasteiger charge is -2.04. The Bertz CT molecular complexity index is 360. The number of ether oxygens (including phenoxy) is 1. The van der Waals surface area contributed by atoms with Gasteiger partial charge >= 0.3 is 0 Å². The van der Waals surface area contributed by atoms with E-state index < -0.39 is 0 Å². The fourth-order valence-corrected chi connectivity index (χ4v) is 1.68. The van der Waals surface area contributed by atoms with Crippen LogP contribution in [-0.4, -0.2) is 25.6 Å². The first-order valence-electron chi connectivity index (χ1n) is 5.37. The Hall–Kier alpha value is -1.35. The maximum absolute atomic E-state index is 5.49. The molecular weight excluding hydrogens is 188 g/mol. The molecule has 0 aromatic heterocycles. The van der Waals surface area contributed by atoms with Gasteiger partial charge in [-0.15, -0.1) is 0 Å². The van der Waals surface area contributed by atoms with Crippen molar-refractivity contribution in [3.63, 3.8) is 0 Å². The Morgan fingerprint density at radius 2 is 2.33 bits per heavy atom. The number of aryl methyl sites for hydroxylation is 1. The summed E-state index contributed by atoms with van der Waals surface area (Å²) in [4.78, 5) is 4.30. The number of hydrogen-bond acceptors (Lipinski definition) is 3. The molecule has 0 fully saturated rings. The van der Waals surface area contributed by atoms with Crippen LogP contribution in [0.3, 0.4) is 0 Å². The Balaban J connectivity index is 2.11. The molecule has 15 heavy (non-hydrogen) atoms. The molecule has 0 radical (unpaired) electrons. The van der Waals surface area contributed by atoms with Crippen LogP contribution in [0.25, 0.3) is 0 Å². The second-order valence-corrected chi connectivity index (χ2v) is 3.63. The van der Waals surface area contributed by atoms with Crippen molar-refractivity contribution in [1.82, 2.24) is 0 Å². The van der Waals surface area contributed by atoms with E-state index in [0.29, 0.717) is 6.61 Å². The molecule has 3 nitrogen and oxygen atoms in total. The molecule has 0 saturated carbocycles. The van der Waals surface area contributed by atoms with Crippen LogP contribution < -0.4 is 5.73 Å². The van der Waals surface area contributed by atoms with Gasteiger partial charge in [-0.2, -0.15) is 0 Å². The molecule has 0 spiro atoms. The fourth-order valence-electron chi connectivity index (χ4n) is 1.68. The molecule has 2 rings (SSSR count). The molecule has 0 bridgehead atoms. The van der Waals surface area contributed by atoms with Crippen LogP contribution in [0, 0.1) is 0 Å². The number of rotatable bonds is 4. The molecule has 0 unspecified atom stereocenters. The molecule has 3 heteroatoms. The van der Waals surface area contributed by atoms with Crippen molar-refractivity contribution in [2.75, 3.05) is 19.7 Å². The summed E-state index contributed by atoms with van der Waals surface area (Å²) in [5.74, 6) is 0.782. The minimum absolute atomic E-state index is 0.711. The van der Waals surface area contributed by atoms with E-state index in [1.165, 1.54) is 5.56 Å². The summed E-state index contributed by atoms with van der Waals surface area (Å²) in [5, 5.41) is 0. The average molecular weight is 204 g/mol. The SMILES string of the molecule is NCCCc1cccc(C2=NCCO2)c1. The Morgan fingerprint density at radius 1 is 1.40 bits per heavy atom. The highest BCUT2D eigenvalue weighted by Gasteiger charge is 2.09. The van der Waals surface area contributed by atoms with Crippen molar-refractivity contribution in [3.05, 3.63) is 35.4 Å². The molecule has 1 aromatic rings. The van der Waals surface area contributed by atoms with Gasteiger partial charge in [0.1, 0.15) is 6.61 Å². The van der Waals surface area contributed by atoms with Crippen LogP contribution in [0.5, 0.6) is 0 Å². The predicted octanol–water partition coefficient (Wildman–Crippen LogP) is 1.35. The molecule has 2 N–H and O–H groups in total. The summed E-state index contributed by atoms with van der Waals surface area (Å²) >= 11 is 0. The molecule has 1 heterocycles. The average Bonchev–Trinajstić information content (AvgIpc) is 2.80. The zero-order chi connectivity index (χ0) is 10.5. The summed E-state index contributed by atoms with van der Waals surface area (Å²) in [5.41, 5.74) is 7.88. The Kier molecular flexibility index (Phi) is 3.35. The molecule has 0 aliphatic carbocycles. The number of nitrogens with zero attached hydrogens (tertiary/aromatic N) is 1. The van der Waals surface area contributed by atoms with Gasteiger partial charge in [-0.25, -0.2) is 4.99 Å². The summed E-state index contributed by atoms with van der Waals surface area (Å²) in [6, 6.07) is 8.34. The predicted molar refractivity (Wildman–Crippen MR) is 61.2 cm³/mol. The van der Waals surface area contributed by atoms with Crippen LogP contribution in [0.1, 0.15) is 17.5 Å². The smallest absolute Gasteiger partial charge is 0.216 e. The van der Waals surface area contributed by atoms with Crippen LogP contribution >= 0.6 is 0 Å². The van der Waals surface area contributed by atoms with Crippen molar-refractivity contribution in [1.29, 1.82) is 0 Å². The van der Waals surface area contributed by atoms with Gasteiger partial charge in [0.15, 0.2) is 0 Å². The van der Waals surface area contributed by atoms with E-state index in [-0.39, 0.29) is 0 Å². The third kappa shape index (κ3) is 2.57. The fraction of sp³-hybridized carbons (Fsp3) is 0.417. The Labute approximate surface area is 90.0 Å². The second kappa shape index (κ2) is 4.94. The molecule has 0 atom stereocenters. The molecule has 1 aliphatic rings. The lowest BCUT2D eigenvalue weighted by molar-refractivity contribution is 0.348. The Morgan fingerprint density at radius 3 is 3.07 bits per heavy atom. The normalized spacial score (nSPS) is 14.9. The van der Waals surface area contributed by atoms with Crippen molar-refractivity contribution < 1.29 is 4.74 Å². The quantitative estimate of drug-likeness (QED) is 0.804. The van der Waals surface area contributed by atoms with Gasteiger partial charge in [-0.3, -0.25) is 0 Å². The van der Waals surface area contributed by atoms with Gasteiger partial charge in [0.05, 0.1) is 6.54 Å². The molecular formula is C12H16N2O. The maximum atomic E-state index is 5.49. The van der Waals surface area contributed by atoms with E-state index in [1.807, 2.05) is 12.1 Å². The highest BCUT2D eigenvalue weighted by Crippen LogP contribution is 2.11. The summed E-state index contributed by atoms with van der Waals surface area (Å²) in [6.07, 6.45) is 2.05. The number of hydrogen-bond donors (Lipinski definition) is 1. The van der Waals surface area contributed by atoms with Gasteiger partial charge in [0, 0.05) is 5.56 Å². The van der Waals surface area contributed by atoms with Gasteiger partial charge < -0.3 is 10.5 Å². The standard InChI is InChI=1S/C12H16N2O/c13-6-2-4-10-3-1-5-11(9-10)12-14-7-8-15-12/h1,3,5,9H,2,4,6-8,13H2. The minimum Gasteiger partial charge on any atom is -0.476 e. The van der Waals surface area contributed by atoms with Gasteiger partial charge in [-0.05, 0) is 37.1 Å². The topological polar surface area (TPSA) is 47.6 Å². The van der Waals surface area contributed by atoms with E-state index in [0.717, 1.165) is 37.4 Å². The maximum Gasteiger partial charge on any atom is 0.216 e. The number of aliphatic imine (C=N–C) groups is 1. The first-order chi connectivity index (χ1) is 7.40. The van der Waals surface area contributed by atoms with Crippen LogP contribution in [-0.2, 0) is 11.2 Å². The van der Waals surface area contributed by atoms with Crippen molar-refractivity contribution in [2.24, 2.45) is 10.7 Å². The molecule has 1 aliphatic heterocycles. The van der Waals surface area contributed by atoms with Crippen molar-refractivity contribution >= 4 is 5.90 Å². The zero-order valence-electron chi connectivity index (χ0n) is 8.78. The first-order valence-corrected chi connectivity index (χ1v) is 5.37. The molecule has 1 aromatic carbocycles. The number of benzene rings is 1. The number of nitrogens with two attached hydrogens (primary N) is 1. The summed E-state index contributed by atoms with van der Waals surface area (Å²) < 4.78 is 5.42. The first kappa shape index (κ1) is 10.2. The second-order valence-electron chi connectivity index (χ2n) is 3.63. The van der Waals surface area contributed by atoms with Crippen LogP contribution in [0.15, 0.2) is 29.3 Å². The lowest BCUT2D eigenvalue weighted by atomic mass is 10.1. The highest BCUT2D eigenvalue weighted by molar-refractivity contribution is 5.95. The third-order valence-corrected chi connectivity index (χ3v) is 2.43. The summed E-state index contributed by atoms with van der Waals surface area (Å²) in [6.45, 7) is 2.23. The lowest BCUT2D eigenvalue weighted by Crippen LogP contribution is -2.03. The third-order valence-electron chi connectivity index (χ3n) is 2.43. The van der Waals surface area contributed by atoms with Gasteiger partial charge in [0.2, 0.25) is 5.90 Å². The van der Waals surface area contributed by atoms with Crippen molar-refractivity contribution in [3.8, 4) is 0 Å². The van der Waals surface area contributed by atoms with E-state index in [9.17, 15) is 0 Å². The zero-order valence-corrected chi connectivity index (χ0v) is 8.78. The van der Waals surface area contributed by atoms with E-state index in [1.54, 1.807) is 0 Å². The van der Waals surface area contributed by atoms with E-state index in [4.69, 9.17) is 10.5 Å². The molecule has 0 saturated heterocycles. The largest absolute Gasteiger partial charge is 0.476 e. The molecule has 0 amide bonds. The van der Waals surface area contributed by atoms with Gasteiger partial charge in [-0.1, -0.05) is 12.1 Å². The summed E-state index contributed by atoms with van der Waals surface area (Å²) in [7, 11) is 0. The van der Waals surface area contributed by atoms with E-state index >= 15 is 0 Å². The van der Waals surface area contributed by atoms with Crippen LogP contribution in [0.4, 0.5) is 0 Å². The van der Waals surface area contributed by atoms with E-state index in [2.05, 4.69) is 17.1 Å². The van der Waals surface area contributed by atoms with Crippen molar-refractivity contribution in [2.45, 2.75) is 12.8 Å². The van der Waals surface area contributed by atoms with Gasteiger partial charge in [0.25, 0.3) is 0 Å². The highest BCUT2D eigenvalue weighted by atomic mass is 16.5. The molecule has 80 valence electrons.